The molecule has 0 spiro atoms. The number of hydrogen-bond donors (Lipinski definition) is 2. The minimum atomic E-state index is -0.343. The van der Waals surface area contributed by atoms with E-state index in [1.165, 1.54) is 0 Å². The highest BCUT2D eigenvalue weighted by Crippen LogP contribution is 2.17. The third kappa shape index (κ3) is 3.29. The van der Waals surface area contributed by atoms with E-state index in [9.17, 15) is 4.79 Å². The molecule has 2 aromatic heterocycles. The lowest BCUT2D eigenvalue weighted by atomic mass is 10.2. The Hall–Kier alpha value is -3.15. The van der Waals surface area contributed by atoms with E-state index < -0.39 is 0 Å². The lowest BCUT2D eigenvalue weighted by molar-refractivity contribution is 0.102. The van der Waals surface area contributed by atoms with Crippen molar-refractivity contribution in [2.45, 2.75) is 6.92 Å². The summed E-state index contributed by atoms with van der Waals surface area (Å²) in [5, 5.41) is 9.57. The summed E-state index contributed by atoms with van der Waals surface area (Å²) >= 11 is 0. The topological polar surface area (TPSA) is 80.0 Å². The van der Waals surface area contributed by atoms with Gasteiger partial charge in [0.05, 0.1) is 0 Å². The van der Waals surface area contributed by atoms with Crippen LogP contribution in [0.1, 0.15) is 16.2 Å². The normalized spacial score (nSPS) is 10.2. The van der Waals surface area contributed by atoms with Crippen LogP contribution < -0.4 is 10.6 Å². The van der Waals surface area contributed by atoms with Gasteiger partial charge in [0.15, 0.2) is 5.82 Å². The molecule has 1 amide bonds. The number of pyridine rings is 1. The minimum absolute atomic E-state index is 0.293. The molecule has 0 aliphatic carbocycles. The minimum Gasteiger partial charge on any atom is -0.360 e. The lowest BCUT2D eigenvalue weighted by Crippen LogP contribution is -2.14. The van der Waals surface area contributed by atoms with Crippen LogP contribution in [0.15, 0.2) is 59.3 Å². The molecular formula is C16H14N4O2. The summed E-state index contributed by atoms with van der Waals surface area (Å²) in [7, 11) is 0. The van der Waals surface area contributed by atoms with Crippen LogP contribution in [0.5, 0.6) is 0 Å². The van der Waals surface area contributed by atoms with Crippen LogP contribution in [0.4, 0.5) is 17.2 Å². The Morgan fingerprint density at radius 2 is 1.91 bits per heavy atom. The fourth-order valence-electron chi connectivity index (χ4n) is 1.93. The average Bonchev–Trinajstić information content (AvgIpc) is 2.93. The Bertz CT molecular complexity index is 784. The van der Waals surface area contributed by atoms with E-state index in [0.29, 0.717) is 17.3 Å². The summed E-state index contributed by atoms with van der Waals surface area (Å²) in [5.74, 6) is 0.651. The Balaban J connectivity index is 1.74. The van der Waals surface area contributed by atoms with Crippen LogP contribution in [0, 0.1) is 6.92 Å². The quantitative estimate of drug-likeness (QED) is 0.771. The van der Waals surface area contributed by atoms with Gasteiger partial charge in [-0.1, -0.05) is 23.4 Å². The van der Waals surface area contributed by atoms with Crippen molar-refractivity contribution in [3.8, 4) is 0 Å². The Labute approximate surface area is 127 Å². The van der Waals surface area contributed by atoms with Gasteiger partial charge < -0.3 is 15.2 Å². The number of para-hydroxylation sites is 1. The van der Waals surface area contributed by atoms with Crippen LogP contribution in [0.3, 0.4) is 0 Å². The summed E-state index contributed by atoms with van der Waals surface area (Å²) in [5.41, 5.74) is 2.01. The first-order valence-electron chi connectivity index (χ1n) is 6.73. The smallest absolute Gasteiger partial charge is 0.275 e. The number of nitrogens with one attached hydrogen (secondary N) is 2. The van der Waals surface area contributed by atoms with Gasteiger partial charge in [0.25, 0.3) is 5.91 Å². The molecule has 1 aromatic carbocycles. The van der Waals surface area contributed by atoms with Crippen molar-refractivity contribution in [1.29, 1.82) is 0 Å². The van der Waals surface area contributed by atoms with Gasteiger partial charge >= 0.3 is 0 Å². The van der Waals surface area contributed by atoms with Gasteiger partial charge in [0.1, 0.15) is 11.5 Å². The molecule has 6 heteroatoms. The van der Waals surface area contributed by atoms with Gasteiger partial charge in [-0.05, 0) is 31.2 Å². The lowest BCUT2D eigenvalue weighted by Gasteiger charge is -2.07. The van der Waals surface area contributed by atoms with Gasteiger partial charge in [-0.3, -0.25) is 9.78 Å². The Morgan fingerprint density at radius 3 is 2.64 bits per heavy atom. The van der Waals surface area contributed by atoms with E-state index in [1.54, 1.807) is 31.3 Å². The molecule has 2 heterocycles. The number of hydrogen-bond acceptors (Lipinski definition) is 5. The van der Waals surface area contributed by atoms with Crippen molar-refractivity contribution in [1.82, 2.24) is 10.1 Å². The van der Waals surface area contributed by atoms with Crippen LogP contribution in [0.25, 0.3) is 0 Å². The number of carbonyl (C=O) groups is 1. The van der Waals surface area contributed by atoms with Gasteiger partial charge in [0, 0.05) is 23.6 Å². The molecule has 110 valence electrons. The first kappa shape index (κ1) is 13.8. The molecule has 0 fully saturated rings. The van der Waals surface area contributed by atoms with Gasteiger partial charge in [-0.15, -0.1) is 0 Å². The summed E-state index contributed by atoms with van der Waals surface area (Å²) in [4.78, 5) is 16.2. The fraction of sp³-hybridized carbons (Fsp3) is 0.0625. The summed E-state index contributed by atoms with van der Waals surface area (Å²) in [6.07, 6.45) is 1.58. The Kier molecular flexibility index (Phi) is 3.82. The molecule has 0 aliphatic heterocycles. The van der Waals surface area contributed by atoms with E-state index in [1.807, 2.05) is 30.3 Å². The molecule has 3 rings (SSSR count). The largest absolute Gasteiger partial charge is 0.360 e. The molecule has 0 atom stereocenters. The van der Waals surface area contributed by atoms with Crippen molar-refractivity contribution in [2.24, 2.45) is 0 Å². The zero-order chi connectivity index (χ0) is 15.4. The second kappa shape index (κ2) is 6.09. The van der Waals surface area contributed by atoms with Crippen LogP contribution >= 0.6 is 0 Å². The number of carbonyl (C=O) groups excluding carboxylic acids is 1. The summed E-state index contributed by atoms with van der Waals surface area (Å²) in [6, 6.07) is 14.8. The molecular weight excluding hydrogens is 280 g/mol. The average molecular weight is 294 g/mol. The summed E-state index contributed by atoms with van der Waals surface area (Å²) < 4.78 is 4.91. The highest BCUT2D eigenvalue weighted by atomic mass is 16.5. The van der Waals surface area contributed by atoms with Gasteiger partial charge in [0.2, 0.25) is 0 Å². The van der Waals surface area contributed by atoms with Gasteiger partial charge in [-0.2, -0.15) is 0 Å². The highest BCUT2D eigenvalue weighted by molar-refractivity contribution is 6.02. The van der Waals surface area contributed by atoms with E-state index >= 15 is 0 Å². The van der Waals surface area contributed by atoms with Crippen molar-refractivity contribution in [3.05, 3.63) is 66.2 Å². The molecule has 0 saturated carbocycles. The predicted molar refractivity (Wildman–Crippen MR) is 83.2 cm³/mol. The SMILES string of the molecule is Cc1cc(NC(=O)c2cc(Nc3ccccc3)ccn2)no1. The standard InChI is InChI=1S/C16H14N4O2/c1-11-9-15(20-22-11)19-16(21)14-10-13(7-8-17-14)18-12-5-3-2-4-6-12/h2-10H,1H3,(H,17,18)(H,19,20,21). The van der Waals surface area contributed by atoms with Crippen molar-refractivity contribution in [3.63, 3.8) is 0 Å². The third-order valence-electron chi connectivity index (χ3n) is 2.92. The second-order valence-electron chi connectivity index (χ2n) is 4.70. The molecule has 22 heavy (non-hydrogen) atoms. The zero-order valence-corrected chi connectivity index (χ0v) is 11.9. The number of aryl methyl sites for hydroxylation is 1. The second-order valence-corrected chi connectivity index (χ2v) is 4.70. The maximum atomic E-state index is 12.1. The van der Waals surface area contributed by atoms with Crippen molar-refractivity contribution < 1.29 is 9.32 Å². The first-order valence-corrected chi connectivity index (χ1v) is 6.73. The molecule has 0 radical (unpaired) electrons. The molecule has 0 aliphatic rings. The van der Waals surface area contributed by atoms with Crippen molar-refractivity contribution in [2.75, 3.05) is 10.6 Å². The molecule has 0 unspecified atom stereocenters. The Morgan fingerprint density at radius 1 is 1.09 bits per heavy atom. The highest BCUT2D eigenvalue weighted by Gasteiger charge is 2.11. The molecule has 0 bridgehead atoms. The van der Waals surface area contributed by atoms with Crippen LogP contribution in [-0.2, 0) is 0 Å². The monoisotopic (exact) mass is 294 g/mol. The van der Waals surface area contributed by atoms with E-state index in [2.05, 4.69) is 20.8 Å². The maximum Gasteiger partial charge on any atom is 0.275 e. The molecule has 2 N–H and O–H groups in total. The number of aromatic nitrogens is 2. The molecule has 6 nitrogen and oxygen atoms in total. The number of benzene rings is 1. The molecule has 3 aromatic rings. The zero-order valence-electron chi connectivity index (χ0n) is 11.9. The number of amides is 1. The van der Waals surface area contributed by atoms with Gasteiger partial charge in [-0.25, -0.2) is 0 Å². The third-order valence-corrected chi connectivity index (χ3v) is 2.92. The van der Waals surface area contributed by atoms with Crippen molar-refractivity contribution >= 4 is 23.1 Å². The van der Waals surface area contributed by atoms with E-state index in [0.717, 1.165) is 11.4 Å². The predicted octanol–water partition coefficient (Wildman–Crippen LogP) is 3.37. The fourth-order valence-corrected chi connectivity index (χ4v) is 1.93. The number of rotatable bonds is 4. The molecule has 0 saturated heterocycles. The van der Waals surface area contributed by atoms with Crippen LogP contribution in [-0.4, -0.2) is 16.0 Å². The maximum absolute atomic E-state index is 12.1. The van der Waals surface area contributed by atoms with Crippen LogP contribution in [0.2, 0.25) is 0 Å². The van der Waals surface area contributed by atoms with E-state index in [-0.39, 0.29) is 5.91 Å². The van der Waals surface area contributed by atoms with E-state index in [4.69, 9.17) is 4.52 Å². The first-order chi connectivity index (χ1) is 10.7. The number of anilines is 3. The summed E-state index contributed by atoms with van der Waals surface area (Å²) in [6.45, 7) is 1.76. The number of nitrogens with zero attached hydrogens (tertiary/aromatic N) is 2.